The second-order valence-electron chi connectivity index (χ2n) is 9.54. The predicted octanol–water partition coefficient (Wildman–Crippen LogP) is 7.08. The van der Waals surface area contributed by atoms with Crippen LogP contribution in [0.5, 0.6) is 5.75 Å². The van der Waals surface area contributed by atoms with E-state index in [4.69, 9.17) is 4.74 Å². The lowest BCUT2D eigenvalue weighted by atomic mass is 9.95. The summed E-state index contributed by atoms with van der Waals surface area (Å²) in [4.78, 5) is 28.3. The van der Waals surface area contributed by atoms with E-state index in [0.717, 1.165) is 29.7 Å². The van der Waals surface area contributed by atoms with Crippen molar-refractivity contribution in [3.05, 3.63) is 106 Å². The van der Waals surface area contributed by atoms with E-state index >= 15 is 0 Å². The second kappa shape index (κ2) is 12.7. The first-order chi connectivity index (χ1) is 19.9. The van der Waals surface area contributed by atoms with Crippen molar-refractivity contribution in [2.24, 2.45) is 0 Å². The number of aliphatic hydroxyl groups excluding tert-OH is 1. The number of amides is 1. The summed E-state index contributed by atoms with van der Waals surface area (Å²) in [5, 5.41) is 20.0. The van der Waals surface area contributed by atoms with E-state index in [1.165, 1.54) is 22.7 Å². The normalized spacial score (nSPS) is 16.4. The van der Waals surface area contributed by atoms with Gasteiger partial charge in [-0.2, -0.15) is 0 Å². The minimum absolute atomic E-state index is 0.0414. The summed E-state index contributed by atoms with van der Waals surface area (Å²) in [7, 11) is 0. The van der Waals surface area contributed by atoms with Crippen molar-refractivity contribution in [2.45, 2.75) is 42.8 Å². The predicted molar refractivity (Wildman–Crippen MR) is 159 cm³/mol. The Morgan fingerprint density at radius 1 is 1.07 bits per heavy atom. The first-order valence-corrected chi connectivity index (χ1v) is 15.0. The van der Waals surface area contributed by atoms with Crippen LogP contribution < -0.4 is 9.64 Å². The molecule has 0 saturated carbocycles. The van der Waals surface area contributed by atoms with Crippen molar-refractivity contribution < 1.29 is 23.8 Å². The van der Waals surface area contributed by atoms with Gasteiger partial charge in [0.05, 0.1) is 18.2 Å². The lowest BCUT2D eigenvalue weighted by molar-refractivity contribution is -0.132. The monoisotopic (exact) mass is 589 g/mol. The fraction of sp³-hybridized carbons (Fsp3) is 0.226. The number of ether oxygens (including phenoxy) is 1. The van der Waals surface area contributed by atoms with E-state index in [-0.39, 0.29) is 22.3 Å². The van der Waals surface area contributed by atoms with Crippen molar-refractivity contribution in [2.75, 3.05) is 11.5 Å². The lowest BCUT2D eigenvalue weighted by Crippen LogP contribution is -2.29. The number of nitrogens with zero attached hydrogens (tertiary/aromatic N) is 3. The smallest absolute Gasteiger partial charge is 0.301 e. The lowest BCUT2D eigenvalue weighted by Gasteiger charge is -2.23. The molecule has 1 amide bonds. The summed E-state index contributed by atoms with van der Waals surface area (Å²) in [6.45, 7) is 4.52. The molecule has 1 aliphatic heterocycles. The van der Waals surface area contributed by atoms with Gasteiger partial charge in [0.25, 0.3) is 5.78 Å². The van der Waals surface area contributed by atoms with Gasteiger partial charge in [0.15, 0.2) is 4.34 Å². The third-order valence-corrected chi connectivity index (χ3v) is 8.73. The third-order valence-electron chi connectivity index (χ3n) is 6.62. The maximum atomic E-state index is 14.1. The molecule has 1 saturated heterocycles. The number of rotatable bonds is 10. The van der Waals surface area contributed by atoms with E-state index in [9.17, 15) is 19.1 Å². The van der Waals surface area contributed by atoms with Gasteiger partial charge in [-0.1, -0.05) is 96.6 Å². The highest BCUT2D eigenvalue weighted by molar-refractivity contribution is 8.00. The first kappa shape index (κ1) is 28.5. The van der Waals surface area contributed by atoms with E-state index in [2.05, 4.69) is 17.1 Å². The molecule has 7 nitrogen and oxygen atoms in total. The number of carbonyl (C=O) groups excluding carboxylic acids is 2. The van der Waals surface area contributed by atoms with Crippen LogP contribution in [0, 0.1) is 12.7 Å². The van der Waals surface area contributed by atoms with Gasteiger partial charge in [-0.15, -0.1) is 10.2 Å². The van der Waals surface area contributed by atoms with E-state index < -0.39 is 17.7 Å². The highest BCUT2D eigenvalue weighted by Gasteiger charge is 2.48. The molecular weight excluding hydrogens is 561 g/mol. The Bertz CT molecular complexity index is 1600. The standard InChI is InChI=1S/C31H28FN3O4S2/c1-3-4-16-39-23-10-7-9-21(17-23)26-25(27(36)20-14-12-19(2)13-15-20)28(37)29(38)35(26)30-33-34-31(41-30)40-18-22-8-5-6-11-24(22)32/h5-15,17,26,36H,3-4,16,18H2,1-2H3/b27-25+. The van der Waals surface area contributed by atoms with Crippen LogP contribution in [-0.2, 0) is 15.3 Å². The molecule has 5 rings (SSSR count). The van der Waals surface area contributed by atoms with Crippen LogP contribution >= 0.6 is 23.1 Å². The summed E-state index contributed by atoms with van der Waals surface area (Å²) in [5.41, 5.74) is 2.48. The molecule has 1 aliphatic rings. The van der Waals surface area contributed by atoms with Crippen molar-refractivity contribution in [1.82, 2.24) is 10.2 Å². The van der Waals surface area contributed by atoms with Crippen molar-refractivity contribution >= 4 is 45.7 Å². The number of benzene rings is 3. The van der Waals surface area contributed by atoms with Gasteiger partial charge in [0.1, 0.15) is 17.3 Å². The Morgan fingerprint density at radius 2 is 1.85 bits per heavy atom. The number of halogens is 1. The first-order valence-electron chi connectivity index (χ1n) is 13.2. The highest BCUT2D eigenvalue weighted by Crippen LogP contribution is 2.44. The van der Waals surface area contributed by atoms with E-state index in [1.807, 2.05) is 25.1 Å². The summed E-state index contributed by atoms with van der Waals surface area (Å²) < 4.78 is 20.5. The fourth-order valence-corrected chi connectivity index (χ4v) is 6.29. The zero-order valence-corrected chi connectivity index (χ0v) is 24.2. The number of carbonyl (C=O) groups is 2. The number of ketones is 1. The molecule has 1 aromatic heterocycles. The largest absolute Gasteiger partial charge is 0.507 e. The molecule has 1 unspecified atom stereocenters. The van der Waals surface area contributed by atoms with Crippen molar-refractivity contribution in [3.8, 4) is 5.75 Å². The number of hydrogen-bond acceptors (Lipinski definition) is 8. The zero-order chi connectivity index (χ0) is 28.9. The molecule has 1 fully saturated rings. The quantitative estimate of drug-likeness (QED) is 0.0528. The third kappa shape index (κ3) is 6.18. The fourth-order valence-electron chi connectivity index (χ4n) is 4.43. The van der Waals surface area contributed by atoms with Crippen LogP contribution in [0.25, 0.3) is 5.76 Å². The summed E-state index contributed by atoms with van der Waals surface area (Å²) in [5.74, 6) is -1.30. The maximum Gasteiger partial charge on any atom is 0.301 e. The molecule has 210 valence electrons. The summed E-state index contributed by atoms with van der Waals surface area (Å²) in [6, 6.07) is 19.8. The van der Waals surface area contributed by atoms with Gasteiger partial charge in [-0.05, 0) is 42.7 Å². The number of unbranched alkanes of at least 4 members (excludes halogenated alkanes) is 1. The summed E-state index contributed by atoms with van der Waals surface area (Å²) >= 11 is 2.41. The Morgan fingerprint density at radius 3 is 2.61 bits per heavy atom. The average molecular weight is 590 g/mol. The number of anilines is 1. The molecule has 10 heteroatoms. The molecule has 0 spiro atoms. The van der Waals surface area contributed by atoms with Crippen molar-refractivity contribution in [3.63, 3.8) is 0 Å². The molecule has 1 N–H and O–H groups in total. The Hall–Kier alpha value is -4.02. The van der Waals surface area contributed by atoms with Crippen LogP contribution in [0.3, 0.4) is 0 Å². The SMILES string of the molecule is CCCCOc1cccc(C2/C(=C(\O)c3ccc(C)cc3)C(=O)C(=O)N2c2nnc(SCc3ccccc3F)s2)c1. The van der Waals surface area contributed by atoms with E-state index in [1.54, 1.807) is 48.5 Å². The van der Waals surface area contributed by atoms with Crippen molar-refractivity contribution in [1.29, 1.82) is 0 Å². The maximum absolute atomic E-state index is 14.1. The number of hydrogen-bond donors (Lipinski definition) is 1. The minimum atomic E-state index is -0.955. The average Bonchev–Trinajstić information content (AvgIpc) is 3.55. The minimum Gasteiger partial charge on any atom is -0.507 e. The molecule has 41 heavy (non-hydrogen) atoms. The van der Waals surface area contributed by atoms with Gasteiger partial charge in [0, 0.05) is 11.3 Å². The van der Waals surface area contributed by atoms with Gasteiger partial charge in [0.2, 0.25) is 5.13 Å². The highest BCUT2D eigenvalue weighted by atomic mass is 32.2. The molecule has 2 heterocycles. The molecule has 0 radical (unpaired) electrons. The van der Waals surface area contributed by atoms with Crippen LogP contribution in [0.2, 0.25) is 0 Å². The zero-order valence-electron chi connectivity index (χ0n) is 22.5. The number of thioether (sulfide) groups is 1. The summed E-state index contributed by atoms with van der Waals surface area (Å²) in [6.07, 6.45) is 1.86. The molecule has 1 atom stereocenters. The van der Waals surface area contributed by atoms with Crippen LogP contribution in [0.15, 0.2) is 82.7 Å². The molecule has 4 aromatic rings. The van der Waals surface area contributed by atoms with Gasteiger partial charge in [-0.25, -0.2) is 4.39 Å². The Balaban J connectivity index is 1.54. The van der Waals surface area contributed by atoms with Crippen LogP contribution in [0.1, 0.15) is 48.1 Å². The Kier molecular flexibility index (Phi) is 8.80. The molecule has 3 aromatic carbocycles. The van der Waals surface area contributed by atoms with E-state index in [0.29, 0.717) is 39.1 Å². The molecule has 0 bridgehead atoms. The molecular formula is C31H28FN3O4S2. The van der Waals surface area contributed by atoms with Gasteiger partial charge < -0.3 is 9.84 Å². The van der Waals surface area contributed by atoms with Crippen LogP contribution in [-0.4, -0.2) is 33.6 Å². The van der Waals surface area contributed by atoms with Gasteiger partial charge >= 0.3 is 5.91 Å². The number of aryl methyl sites for hydroxylation is 1. The van der Waals surface area contributed by atoms with Crippen LogP contribution in [0.4, 0.5) is 9.52 Å². The number of Topliss-reactive ketones (excluding diaryl/α,β-unsaturated/α-hetero) is 1. The number of aliphatic hydroxyl groups is 1. The molecule has 0 aliphatic carbocycles. The topological polar surface area (TPSA) is 92.6 Å². The number of aromatic nitrogens is 2. The second-order valence-corrected chi connectivity index (χ2v) is 11.7. The Labute approximate surface area is 245 Å². The van der Waals surface area contributed by atoms with Gasteiger partial charge in [-0.3, -0.25) is 14.5 Å².